The van der Waals surface area contributed by atoms with Crippen LogP contribution in [0.5, 0.6) is 5.75 Å². The number of rotatable bonds is 9. The maximum atomic E-state index is 14.7. The maximum absolute atomic E-state index is 14.7. The van der Waals surface area contributed by atoms with E-state index in [1.165, 1.54) is 6.07 Å². The number of aryl methyl sites for hydroxylation is 1. The van der Waals surface area contributed by atoms with Crippen molar-refractivity contribution in [2.24, 2.45) is 4.99 Å². The molecule has 4 aromatic carbocycles. The average Bonchev–Trinajstić information content (AvgIpc) is 3.52. The van der Waals surface area contributed by atoms with E-state index in [0.29, 0.717) is 60.7 Å². The highest BCUT2D eigenvalue weighted by Crippen LogP contribution is 2.45. The predicted molar refractivity (Wildman–Crippen MR) is 197 cm³/mol. The van der Waals surface area contributed by atoms with E-state index in [9.17, 15) is 19.6 Å². The Morgan fingerprint density at radius 3 is 2.18 bits per heavy atom. The van der Waals surface area contributed by atoms with Crippen LogP contribution in [0.15, 0.2) is 96.0 Å². The number of benzene rings is 4. The lowest BCUT2D eigenvalue weighted by Crippen LogP contribution is -2.55. The Balaban J connectivity index is 1.22. The minimum atomic E-state index is -1.64. The van der Waals surface area contributed by atoms with E-state index in [2.05, 4.69) is 10.2 Å². The largest absolute Gasteiger partial charge is 0.497 e. The zero-order chi connectivity index (χ0) is 35.4. The number of piperazine rings is 1. The molecule has 0 aromatic heterocycles. The molecular weight excluding hydrogens is 676 g/mol. The molecule has 0 radical (unpaired) electrons. The van der Waals surface area contributed by atoms with Crippen LogP contribution in [0.4, 0.5) is 4.79 Å². The molecule has 13 heteroatoms. The first kappa shape index (κ1) is 35.4. The molecule has 1 fully saturated rings. The number of carbonyl (C=O) groups is 2. The zero-order valence-corrected chi connectivity index (χ0v) is 29.3. The molecule has 0 spiro atoms. The molecule has 0 saturated carbocycles. The second kappa shape index (κ2) is 15.7. The minimum absolute atomic E-state index is 0.144. The van der Waals surface area contributed by atoms with E-state index in [1.807, 2.05) is 83.5 Å². The number of halogens is 2. The Morgan fingerprint density at radius 1 is 0.900 bits per heavy atom. The first-order chi connectivity index (χ1) is 24.1. The summed E-state index contributed by atoms with van der Waals surface area (Å²) in [4.78, 5) is 38.6. The third-order valence-electron chi connectivity index (χ3n) is 9.17. The number of nitrogens with zero attached hydrogens (tertiary/aromatic N) is 4. The summed E-state index contributed by atoms with van der Waals surface area (Å²) in [6.07, 6.45) is 0. The van der Waals surface area contributed by atoms with Crippen LogP contribution in [-0.4, -0.2) is 96.0 Å². The van der Waals surface area contributed by atoms with Crippen LogP contribution in [-0.2, 0) is 0 Å². The maximum Gasteiger partial charge on any atom is 0.488 e. The van der Waals surface area contributed by atoms with Crippen LogP contribution in [0.25, 0.3) is 0 Å². The van der Waals surface area contributed by atoms with Crippen LogP contribution in [0.3, 0.4) is 0 Å². The fourth-order valence-electron chi connectivity index (χ4n) is 6.45. The fourth-order valence-corrected chi connectivity index (χ4v) is 6.71. The van der Waals surface area contributed by atoms with Gasteiger partial charge >= 0.3 is 13.1 Å². The molecule has 10 nitrogen and oxygen atoms in total. The molecule has 2 atom stereocenters. The van der Waals surface area contributed by atoms with E-state index in [-0.39, 0.29) is 17.4 Å². The Kier molecular flexibility index (Phi) is 11.1. The summed E-state index contributed by atoms with van der Waals surface area (Å²) in [6.45, 7) is 5.23. The second-order valence-electron chi connectivity index (χ2n) is 12.4. The highest BCUT2D eigenvalue weighted by Gasteiger charge is 2.44. The van der Waals surface area contributed by atoms with Gasteiger partial charge in [0.25, 0.3) is 5.91 Å². The summed E-state index contributed by atoms with van der Waals surface area (Å²) in [6, 6.07) is 26.2. The van der Waals surface area contributed by atoms with Crippen molar-refractivity contribution in [3.8, 4) is 5.75 Å². The topological polar surface area (TPSA) is 118 Å². The summed E-state index contributed by atoms with van der Waals surface area (Å²) in [5, 5.41) is 23.0. The number of amides is 3. The first-order valence-corrected chi connectivity index (χ1v) is 17.2. The minimum Gasteiger partial charge on any atom is -0.497 e. The number of nitrogens with one attached hydrogen (secondary N) is 1. The van der Waals surface area contributed by atoms with Gasteiger partial charge in [0, 0.05) is 60.4 Å². The number of carbonyl (C=O) groups excluding carboxylic acids is 2. The second-order valence-corrected chi connectivity index (χ2v) is 13.2. The van der Waals surface area contributed by atoms with E-state index in [4.69, 9.17) is 32.9 Å². The number of ether oxygens (including phenoxy) is 1. The average molecular weight is 714 g/mol. The van der Waals surface area contributed by atoms with Gasteiger partial charge in [0.15, 0.2) is 0 Å². The smallest absolute Gasteiger partial charge is 0.488 e. The molecule has 0 unspecified atom stereocenters. The van der Waals surface area contributed by atoms with Crippen LogP contribution in [0.1, 0.15) is 44.7 Å². The van der Waals surface area contributed by atoms with Crippen LogP contribution < -0.4 is 15.5 Å². The number of hydrogen-bond donors (Lipinski definition) is 3. The zero-order valence-electron chi connectivity index (χ0n) is 27.8. The molecule has 258 valence electrons. The lowest BCUT2D eigenvalue weighted by molar-refractivity contribution is 0.0938. The highest BCUT2D eigenvalue weighted by molar-refractivity contribution is 6.58. The van der Waals surface area contributed by atoms with Gasteiger partial charge in [-0.1, -0.05) is 59.6 Å². The number of urea groups is 1. The number of methoxy groups -OCH3 is 1. The van der Waals surface area contributed by atoms with Gasteiger partial charge < -0.3 is 25.0 Å². The van der Waals surface area contributed by atoms with Crippen molar-refractivity contribution in [3.05, 3.63) is 129 Å². The van der Waals surface area contributed by atoms with Crippen molar-refractivity contribution in [2.75, 3.05) is 46.4 Å². The Hall–Kier alpha value is -4.39. The SMILES string of the molecule is COc1ccc(C2=N[C@@H](c3ccc(Cl)cc3)[C@@H](c3ccc(Cl)cc3)N2C(=O)N2CCN(CCNC(=O)c3cccc(B(O)O)c3)CC2)c(C)c1. The van der Waals surface area contributed by atoms with Gasteiger partial charge in [0.05, 0.1) is 13.2 Å². The van der Waals surface area contributed by atoms with Crippen LogP contribution >= 0.6 is 23.2 Å². The van der Waals surface area contributed by atoms with Crippen molar-refractivity contribution in [1.82, 2.24) is 20.0 Å². The van der Waals surface area contributed by atoms with Crippen molar-refractivity contribution in [3.63, 3.8) is 0 Å². The fraction of sp³-hybridized carbons (Fsp3) is 0.270. The quantitative estimate of drug-likeness (QED) is 0.217. The molecule has 3 N–H and O–H groups in total. The van der Waals surface area contributed by atoms with Gasteiger partial charge in [-0.15, -0.1) is 0 Å². The molecule has 0 aliphatic carbocycles. The lowest BCUT2D eigenvalue weighted by atomic mass is 9.79. The Morgan fingerprint density at radius 2 is 1.56 bits per heavy atom. The van der Waals surface area contributed by atoms with Gasteiger partial charge in [0.2, 0.25) is 0 Å². The van der Waals surface area contributed by atoms with Gasteiger partial charge in [0.1, 0.15) is 17.6 Å². The summed E-state index contributed by atoms with van der Waals surface area (Å²) in [5.41, 5.74) is 4.21. The normalized spacial score (nSPS) is 17.8. The van der Waals surface area contributed by atoms with Crippen LogP contribution in [0, 0.1) is 6.92 Å². The summed E-state index contributed by atoms with van der Waals surface area (Å²) in [5.74, 6) is 1.01. The lowest BCUT2D eigenvalue weighted by Gasteiger charge is -2.39. The number of hydrogen-bond acceptors (Lipinski definition) is 7. The van der Waals surface area contributed by atoms with Gasteiger partial charge in [-0.3, -0.25) is 19.6 Å². The molecule has 0 bridgehead atoms. The van der Waals surface area contributed by atoms with E-state index >= 15 is 0 Å². The molecule has 6 rings (SSSR count). The number of amidine groups is 1. The van der Waals surface area contributed by atoms with Gasteiger partial charge in [-0.2, -0.15) is 0 Å². The van der Waals surface area contributed by atoms with Gasteiger partial charge in [-0.05, 0) is 83.7 Å². The van der Waals surface area contributed by atoms with E-state index in [1.54, 1.807) is 25.3 Å². The summed E-state index contributed by atoms with van der Waals surface area (Å²) in [7, 11) is -0.0178. The number of aliphatic imine (C=N–C) groups is 1. The molecule has 2 aliphatic heterocycles. The molecule has 4 aromatic rings. The summed E-state index contributed by atoms with van der Waals surface area (Å²) < 4.78 is 5.47. The standard InChI is InChI=1S/C37H38BCl2N5O5/c1-24-22-31(50-2)14-15-32(24)35-42-33(25-6-10-29(39)11-7-25)34(26-8-12-30(40)13-9-26)45(35)37(47)44-20-18-43(19-21-44)17-16-41-36(46)27-4-3-5-28(23-27)38(48)49/h3-15,22-23,33-34,48-49H,16-21H2,1-2H3,(H,41,46)/t33-,34+/m0/s1. The van der Waals surface area contributed by atoms with Crippen LogP contribution in [0.2, 0.25) is 10.0 Å². The van der Waals surface area contributed by atoms with Crippen molar-refractivity contribution in [1.29, 1.82) is 0 Å². The molecule has 2 heterocycles. The van der Waals surface area contributed by atoms with Crippen molar-refractivity contribution in [2.45, 2.75) is 19.0 Å². The third kappa shape index (κ3) is 7.82. The monoisotopic (exact) mass is 713 g/mol. The summed E-state index contributed by atoms with van der Waals surface area (Å²) >= 11 is 12.6. The molecule has 2 aliphatic rings. The predicted octanol–water partition coefficient (Wildman–Crippen LogP) is 4.70. The Bertz CT molecular complexity index is 1870. The molecule has 1 saturated heterocycles. The van der Waals surface area contributed by atoms with Gasteiger partial charge in [-0.25, -0.2) is 4.79 Å². The molecule has 50 heavy (non-hydrogen) atoms. The van der Waals surface area contributed by atoms with Crippen molar-refractivity contribution < 1.29 is 24.4 Å². The third-order valence-corrected chi connectivity index (χ3v) is 9.68. The first-order valence-electron chi connectivity index (χ1n) is 16.4. The molecule has 3 amide bonds. The van der Waals surface area contributed by atoms with Crippen molar-refractivity contribution >= 4 is 53.6 Å². The van der Waals surface area contributed by atoms with E-state index in [0.717, 1.165) is 28.0 Å². The molecular formula is C37H38BCl2N5O5. The highest BCUT2D eigenvalue weighted by atomic mass is 35.5. The van der Waals surface area contributed by atoms with E-state index < -0.39 is 19.2 Å². The Labute approximate surface area is 302 Å².